The zero-order valence-electron chi connectivity index (χ0n) is 11.9. The molecule has 1 fully saturated rings. The second kappa shape index (κ2) is 7.27. The lowest BCUT2D eigenvalue weighted by atomic mass is 9.83. The van der Waals surface area contributed by atoms with E-state index < -0.39 is 0 Å². The van der Waals surface area contributed by atoms with Gasteiger partial charge in [0.25, 0.3) is 0 Å². The minimum absolute atomic E-state index is 0.518. The van der Waals surface area contributed by atoms with Crippen LogP contribution in [0.1, 0.15) is 44.2 Å². The van der Waals surface area contributed by atoms with Crippen molar-refractivity contribution >= 4 is 11.6 Å². The van der Waals surface area contributed by atoms with Gasteiger partial charge in [-0.1, -0.05) is 24.9 Å². The summed E-state index contributed by atoms with van der Waals surface area (Å²) in [6.45, 7) is 4.66. The van der Waals surface area contributed by atoms with Crippen LogP contribution in [0, 0.1) is 0 Å². The van der Waals surface area contributed by atoms with E-state index in [1.165, 1.54) is 25.0 Å². The van der Waals surface area contributed by atoms with Gasteiger partial charge in [0.05, 0.1) is 30.1 Å². The van der Waals surface area contributed by atoms with Gasteiger partial charge >= 0.3 is 0 Å². The Morgan fingerprint density at radius 1 is 1.53 bits per heavy atom. The monoisotopic (exact) mass is 285 g/mol. The van der Waals surface area contributed by atoms with Gasteiger partial charge in [-0.15, -0.1) is 0 Å². The van der Waals surface area contributed by atoms with Crippen LogP contribution in [0.4, 0.5) is 0 Å². The van der Waals surface area contributed by atoms with E-state index in [1.807, 2.05) is 4.68 Å². The molecule has 2 rings (SSSR count). The van der Waals surface area contributed by atoms with Crippen LogP contribution >= 0.6 is 11.6 Å². The molecular formula is C14H24ClN3O. The van der Waals surface area contributed by atoms with E-state index in [2.05, 4.69) is 17.3 Å². The number of nitrogens with zero attached hydrogens (tertiary/aromatic N) is 2. The van der Waals surface area contributed by atoms with Crippen molar-refractivity contribution < 1.29 is 4.74 Å². The van der Waals surface area contributed by atoms with Crippen LogP contribution in [-0.4, -0.2) is 36.1 Å². The predicted molar refractivity (Wildman–Crippen MR) is 77.8 cm³/mol. The molecule has 0 aliphatic heterocycles. The molecule has 0 bridgehead atoms. The second-order valence-electron chi connectivity index (χ2n) is 5.21. The number of nitrogens with one attached hydrogen (secondary N) is 1. The summed E-state index contributed by atoms with van der Waals surface area (Å²) in [5.41, 5.74) is 1.20. The molecule has 1 aromatic rings. The molecule has 0 radical (unpaired) electrons. The summed E-state index contributed by atoms with van der Waals surface area (Å²) in [5, 5.41) is 8.75. The Balaban J connectivity index is 2.09. The first-order valence-corrected chi connectivity index (χ1v) is 7.57. The van der Waals surface area contributed by atoms with Gasteiger partial charge in [0.1, 0.15) is 0 Å². The van der Waals surface area contributed by atoms with E-state index in [9.17, 15) is 0 Å². The third kappa shape index (κ3) is 3.71. The van der Waals surface area contributed by atoms with Crippen molar-refractivity contribution in [3.63, 3.8) is 0 Å². The lowest BCUT2D eigenvalue weighted by Gasteiger charge is -2.30. The number of aromatic nitrogens is 2. The highest BCUT2D eigenvalue weighted by Gasteiger charge is 2.27. The molecular weight excluding hydrogens is 262 g/mol. The van der Waals surface area contributed by atoms with E-state index in [1.54, 1.807) is 13.3 Å². The normalized spacial score (nSPS) is 23.7. The molecule has 1 heterocycles. The van der Waals surface area contributed by atoms with Crippen molar-refractivity contribution in [1.82, 2.24) is 15.1 Å². The molecule has 1 aliphatic carbocycles. The van der Waals surface area contributed by atoms with Crippen molar-refractivity contribution in [2.75, 3.05) is 20.3 Å². The van der Waals surface area contributed by atoms with E-state index in [0.717, 1.165) is 24.5 Å². The fraction of sp³-hybridized carbons (Fsp3) is 0.786. The highest BCUT2D eigenvalue weighted by atomic mass is 35.5. The predicted octanol–water partition coefficient (Wildman–Crippen LogP) is 2.82. The van der Waals surface area contributed by atoms with Crippen LogP contribution in [0.5, 0.6) is 0 Å². The highest BCUT2D eigenvalue weighted by molar-refractivity contribution is 6.31. The Labute approximate surface area is 120 Å². The van der Waals surface area contributed by atoms with Crippen molar-refractivity contribution in [3.05, 3.63) is 16.9 Å². The summed E-state index contributed by atoms with van der Waals surface area (Å²) in [6, 6.07) is 0.616. The summed E-state index contributed by atoms with van der Waals surface area (Å²) < 4.78 is 7.16. The molecule has 5 heteroatoms. The van der Waals surface area contributed by atoms with Crippen LogP contribution in [0.3, 0.4) is 0 Å². The molecule has 1 aromatic heterocycles. The molecule has 2 unspecified atom stereocenters. The van der Waals surface area contributed by atoms with Gasteiger partial charge in [-0.25, -0.2) is 0 Å². The Hall–Kier alpha value is -0.580. The first kappa shape index (κ1) is 14.8. The smallest absolute Gasteiger partial charge is 0.0820 e. The molecule has 0 amide bonds. The second-order valence-corrected chi connectivity index (χ2v) is 5.62. The summed E-state index contributed by atoms with van der Waals surface area (Å²) in [6.07, 6.45) is 6.66. The molecule has 0 aromatic carbocycles. The molecule has 0 spiro atoms. The molecule has 19 heavy (non-hydrogen) atoms. The number of ether oxygens (including phenoxy) is 1. The number of rotatable bonds is 6. The molecule has 4 nitrogen and oxygen atoms in total. The number of hydrogen-bond donors (Lipinski definition) is 1. The van der Waals surface area contributed by atoms with E-state index in [0.29, 0.717) is 18.6 Å². The van der Waals surface area contributed by atoms with Crippen LogP contribution in [-0.2, 0) is 11.3 Å². The van der Waals surface area contributed by atoms with E-state index in [-0.39, 0.29) is 0 Å². The number of halogens is 1. The maximum atomic E-state index is 6.34. The Morgan fingerprint density at radius 3 is 3.11 bits per heavy atom. The standard InChI is InChI=1S/C14H24ClN3O/c1-3-16-12-6-4-5-11(9-12)14-13(15)10-17-18(14)7-8-19-2/h10-12,16H,3-9H2,1-2H3. The van der Waals surface area contributed by atoms with Crippen molar-refractivity contribution in [1.29, 1.82) is 0 Å². The lowest BCUT2D eigenvalue weighted by molar-refractivity contribution is 0.181. The van der Waals surface area contributed by atoms with Crippen LogP contribution in [0.2, 0.25) is 5.02 Å². The van der Waals surface area contributed by atoms with Gasteiger partial charge in [0.15, 0.2) is 0 Å². The van der Waals surface area contributed by atoms with Gasteiger partial charge in [-0.05, 0) is 25.8 Å². The van der Waals surface area contributed by atoms with Gasteiger partial charge < -0.3 is 10.1 Å². The molecule has 1 aliphatic rings. The average molecular weight is 286 g/mol. The minimum Gasteiger partial charge on any atom is -0.383 e. The van der Waals surface area contributed by atoms with Crippen LogP contribution < -0.4 is 5.32 Å². The lowest BCUT2D eigenvalue weighted by Crippen LogP contribution is -2.34. The Bertz CT molecular complexity index is 392. The van der Waals surface area contributed by atoms with Crippen molar-refractivity contribution in [2.24, 2.45) is 0 Å². The van der Waals surface area contributed by atoms with Crippen molar-refractivity contribution in [3.8, 4) is 0 Å². The fourth-order valence-electron chi connectivity index (χ4n) is 3.05. The average Bonchev–Trinajstić information content (AvgIpc) is 2.78. The third-order valence-electron chi connectivity index (χ3n) is 3.89. The van der Waals surface area contributed by atoms with E-state index >= 15 is 0 Å². The van der Waals surface area contributed by atoms with Crippen LogP contribution in [0.15, 0.2) is 6.20 Å². The highest BCUT2D eigenvalue weighted by Crippen LogP contribution is 2.36. The Morgan fingerprint density at radius 2 is 2.37 bits per heavy atom. The topological polar surface area (TPSA) is 39.1 Å². The maximum absolute atomic E-state index is 6.34. The van der Waals surface area contributed by atoms with Gasteiger partial charge in [0, 0.05) is 19.1 Å². The van der Waals surface area contributed by atoms with Gasteiger partial charge in [-0.3, -0.25) is 4.68 Å². The van der Waals surface area contributed by atoms with Crippen molar-refractivity contribution in [2.45, 2.75) is 51.1 Å². The maximum Gasteiger partial charge on any atom is 0.0820 e. The number of methoxy groups -OCH3 is 1. The molecule has 0 saturated heterocycles. The van der Waals surface area contributed by atoms with Gasteiger partial charge in [0.2, 0.25) is 0 Å². The van der Waals surface area contributed by atoms with Crippen LogP contribution in [0.25, 0.3) is 0 Å². The summed E-state index contributed by atoms with van der Waals surface area (Å²) >= 11 is 6.34. The molecule has 108 valence electrons. The molecule has 1 saturated carbocycles. The first-order chi connectivity index (χ1) is 9.26. The summed E-state index contributed by atoms with van der Waals surface area (Å²) in [5.74, 6) is 0.518. The Kier molecular flexibility index (Phi) is 5.67. The van der Waals surface area contributed by atoms with Gasteiger partial charge in [-0.2, -0.15) is 5.10 Å². The van der Waals surface area contributed by atoms with E-state index in [4.69, 9.17) is 16.3 Å². The quantitative estimate of drug-likeness (QED) is 0.873. The number of hydrogen-bond acceptors (Lipinski definition) is 3. The zero-order chi connectivity index (χ0) is 13.7. The zero-order valence-corrected chi connectivity index (χ0v) is 12.6. The minimum atomic E-state index is 0.518. The summed E-state index contributed by atoms with van der Waals surface area (Å²) in [7, 11) is 1.71. The summed E-state index contributed by atoms with van der Waals surface area (Å²) in [4.78, 5) is 0. The fourth-order valence-corrected chi connectivity index (χ4v) is 3.34. The first-order valence-electron chi connectivity index (χ1n) is 7.19. The SMILES string of the molecule is CCNC1CCCC(c2c(Cl)cnn2CCOC)C1. The molecule has 1 N–H and O–H groups in total. The third-order valence-corrected chi connectivity index (χ3v) is 4.19. The largest absolute Gasteiger partial charge is 0.383 e. The molecule has 2 atom stereocenters.